The molecule has 1 atom stereocenters. The summed E-state index contributed by atoms with van der Waals surface area (Å²) in [6.07, 6.45) is -6.39. The summed E-state index contributed by atoms with van der Waals surface area (Å²) >= 11 is 3.33. The molecule has 0 bridgehead atoms. The Kier molecular flexibility index (Phi) is 7.64. The molecule has 1 unspecified atom stereocenters. The first-order chi connectivity index (χ1) is 11.1. The lowest BCUT2D eigenvalue weighted by atomic mass is 10.2. The SMILES string of the molecule is C=NOCC(OC(F)(F)F)N(C)N(Cc1cccc(Br)c1)C(C)=N. The summed E-state index contributed by atoms with van der Waals surface area (Å²) in [7, 11) is 1.37. The van der Waals surface area contributed by atoms with Crippen molar-refractivity contribution >= 4 is 28.5 Å². The number of nitrogens with zero attached hydrogens (tertiary/aromatic N) is 3. The number of alkyl halides is 3. The van der Waals surface area contributed by atoms with Crippen LogP contribution in [0.1, 0.15) is 12.5 Å². The van der Waals surface area contributed by atoms with Crippen molar-refractivity contribution in [1.29, 1.82) is 5.41 Å². The van der Waals surface area contributed by atoms with Crippen LogP contribution in [0.5, 0.6) is 0 Å². The predicted molar refractivity (Wildman–Crippen MR) is 87.3 cm³/mol. The number of hydrogen-bond acceptors (Lipinski definition) is 5. The number of benzene rings is 1. The number of nitrogens with one attached hydrogen (secondary N) is 1. The highest BCUT2D eigenvalue weighted by Gasteiger charge is 2.37. The van der Waals surface area contributed by atoms with Crippen LogP contribution in [0.2, 0.25) is 0 Å². The Labute approximate surface area is 146 Å². The van der Waals surface area contributed by atoms with Gasteiger partial charge in [0.2, 0.25) is 0 Å². The van der Waals surface area contributed by atoms with Crippen molar-refractivity contribution < 1.29 is 22.7 Å². The number of amidine groups is 1. The quantitative estimate of drug-likeness (QED) is 0.308. The van der Waals surface area contributed by atoms with Crippen LogP contribution in [0.3, 0.4) is 0 Å². The molecule has 10 heteroatoms. The molecule has 0 aliphatic carbocycles. The standard InChI is InChI=1S/C14H18BrF3N4O2/c1-10(19)22(8-11-5-4-6-12(15)7-11)21(3)13(9-23-20-2)24-14(16,17)18/h4-7,13,19H,2,8-9H2,1,3H3. The molecule has 0 fully saturated rings. The third kappa shape index (κ3) is 6.85. The van der Waals surface area contributed by atoms with Crippen LogP contribution in [-0.4, -0.2) is 48.8 Å². The zero-order valence-electron chi connectivity index (χ0n) is 13.2. The second-order valence-electron chi connectivity index (χ2n) is 4.79. The van der Waals surface area contributed by atoms with Gasteiger partial charge < -0.3 is 4.84 Å². The average Bonchev–Trinajstić information content (AvgIpc) is 2.47. The van der Waals surface area contributed by atoms with Crippen LogP contribution in [0, 0.1) is 5.41 Å². The second kappa shape index (κ2) is 9.00. The topological polar surface area (TPSA) is 61.2 Å². The average molecular weight is 411 g/mol. The smallest absolute Gasteiger partial charge is 0.392 e. The summed E-state index contributed by atoms with van der Waals surface area (Å²) in [6.45, 7) is 4.21. The summed E-state index contributed by atoms with van der Waals surface area (Å²) in [4.78, 5) is 4.60. The number of likely N-dealkylation sites (N-methyl/N-ethyl adjacent to an activating group) is 1. The molecular formula is C14H18BrF3N4O2. The largest absolute Gasteiger partial charge is 0.524 e. The zero-order chi connectivity index (χ0) is 18.3. The van der Waals surface area contributed by atoms with Gasteiger partial charge in [0.05, 0.1) is 6.54 Å². The van der Waals surface area contributed by atoms with Gasteiger partial charge in [-0.3, -0.25) is 15.2 Å². The van der Waals surface area contributed by atoms with Gasteiger partial charge in [-0.15, -0.1) is 18.3 Å². The van der Waals surface area contributed by atoms with Crippen molar-refractivity contribution in [3.8, 4) is 0 Å². The Morgan fingerprint density at radius 3 is 2.62 bits per heavy atom. The van der Waals surface area contributed by atoms with Gasteiger partial charge in [0.15, 0.2) is 12.8 Å². The normalized spacial score (nSPS) is 12.8. The number of rotatable bonds is 8. The molecule has 0 saturated heterocycles. The van der Waals surface area contributed by atoms with Gasteiger partial charge in [-0.1, -0.05) is 28.1 Å². The van der Waals surface area contributed by atoms with Gasteiger partial charge in [0.25, 0.3) is 0 Å². The second-order valence-corrected chi connectivity index (χ2v) is 5.71. The van der Waals surface area contributed by atoms with E-state index >= 15 is 0 Å². The van der Waals surface area contributed by atoms with Crippen LogP contribution < -0.4 is 0 Å². The molecular weight excluding hydrogens is 393 g/mol. The monoisotopic (exact) mass is 410 g/mol. The number of hydrazine groups is 1. The molecule has 1 N–H and O–H groups in total. The molecule has 0 aliphatic rings. The molecule has 6 nitrogen and oxygen atoms in total. The first-order valence-electron chi connectivity index (χ1n) is 6.76. The Hall–Kier alpha value is -1.65. The molecule has 1 aromatic rings. The van der Waals surface area contributed by atoms with E-state index < -0.39 is 19.2 Å². The van der Waals surface area contributed by atoms with Gasteiger partial charge in [0.1, 0.15) is 5.84 Å². The van der Waals surface area contributed by atoms with E-state index in [0.717, 1.165) is 15.0 Å². The molecule has 1 aromatic carbocycles. The van der Waals surface area contributed by atoms with E-state index in [1.807, 2.05) is 12.1 Å². The van der Waals surface area contributed by atoms with Crippen LogP contribution in [-0.2, 0) is 16.1 Å². The van der Waals surface area contributed by atoms with Crippen LogP contribution in [0.4, 0.5) is 13.2 Å². The van der Waals surface area contributed by atoms with Gasteiger partial charge in [-0.25, -0.2) is 0 Å². The molecule has 0 spiro atoms. The minimum atomic E-state index is -4.86. The van der Waals surface area contributed by atoms with Crippen LogP contribution in [0.25, 0.3) is 0 Å². The maximum atomic E-state index is 12.6. The Morgan fingerprint density at radius 2 is 2.12 bits per heavy atom. The Morgan fingerprint density at radius 1 is 1.46 bits per heavy atom. The van der Waals surface area contributed by atoms with Gasteiger partial charge >= 0.3 is 6.36 Å². The van der Waals surface area contributed by atoms with Gasteiger partial charge in [0, 0.05) is 18.2 Å². The van der Waals surface area contributed by atoms with E-state index in [0.29, 0.717) is 0 Å². The van der Waals surface area contributed by atoms with Crippen molar-refractivity contribution in [3.05, 3.63) is 34.3 Å². The fourth-order valence-corrected chi connectivity index (χ4v) is 2.37. The van der Waals surface area contributed by atoms with E-state index in [4.69, 9.17) is 5.41 Å². The van der Waals surface area contributed by atoms with E-state index in [-0.39, 0.29) is 12.4 Å². The van der Waals surface area contributed by atoms with Crippen molar-refractivity contribution in [1.82, 2.24) is 10.0 Å². The number of oxime groups is 1. The van der Waals surface area contributed by atoms with Crippen molar-refractivity contribution in [2.24, 2.45) is 5.16 Å². The van der Waals surface area contributed by atoms with E-state index in [9.17, 15) is 13.2 Å². The Balaban J connectivity index is 2.97. The molecule has 1 rings (SSSR count). The molecule has 0 heterocycles. The summed E-state index contributed by atoms with van der Waals surface area (Å²) in [5, 5.41) is 13.4. The molecule has 0 radical (unpaired) electrons. The first kappa shape index (κ1) is 20.4. The highest BCUT2D eigenvalue weighted by atomic mass is 79.9. The van der Waals surface area contributed by atoms with Crippen LogP contribution >= 0.6 is 15.9 Å². The van der Waals surface area contributed by atoms with Crippen molar-refractivity contribution in [2.45, 2.75) is 26.1 Å². The van der Waals surface area contributed by atoms with Crippen LogP contribution in [0.15, 0.2) is 33.9 Å². The Bertz CT molecular complexity index is 571. The maximum absolute atomic E-state index is 12.6. The summed E-state index contributed by atoms with van der Waals surface area (Å²) in [5.74, 6) is 0.0415. The maximum Gasteiger partial charge on any atom is 0.524 e. The summed E-state index contributed by atoms with van der Waals surface area (Å²) < 4.78 is 42.7. The van der Waals surface area contributed by atoms with Gasteiger partial charge in [-0.05, 0) is 24.6 Å². The number of halogens is 4. The molecule has 24 heavy (non-hydrogen) atoms. The molecule has 0 saturated carbocycles. The first-order valence-corrected chi connectivity index (χ1v) is 7.55. The van der Waals surface area contributed by atoms with Crippen molar-refractivity contribution in [2.75, 3.05) is 13.7 Å². The summed E-state index contributed by atoms with van der Waals surface area (Å²) in [6, 6.07) is 7.24. The zero-order valence-corrected chi connectivity index (χ0v) is 14.8. The van der Waals surface area contributed by atoms with E-state index in [1.165, 1.54) is 19.0 Å². The third-order valence-corrected chi connectivity index (χ3v) is 3.48. The number of ether oxygens (including phenoxy) is 1. The lowest BCUT2D eigenvalue weighted by molar-refractivity contribution is -0.373. The number of hydrogen-bond donors (Lipinski definition) is 1. The fraction of sp³-hybridized carbons (Fsp3) is 0.429. The highest BCUT2D eigenvalue weighted by molar-refractivity contribution is 9.10. The summed E-state index contributed by atoms with van der Waals surface area (Å²) in [5.41, 5.74) is 0.802. The van der Waals surface area contributed by atoms with E-state index in [2.05, 4.69) is 37.4 Å². The lowest BCUT2D eigenvalue weighted by Crippen LogP contribution is -2.52. The lowest BCUT2D eigenvalue weighted by Gasteiger charge is -2.37. The van der Waals surface area contributed by atoms with E-state index in [1.54, 1.807) is 12.1 Å². The predicted octanol–water partition coefficient (Wildman–Crippen LogP) is 3.59. The third-order valence-electron chi connectivity index (χ3n) is 2.98. The molecule has 0 aromatic heterocycles. The van der Waals surface area contributed by atoms with Crippen molar-refractivity contribution in [3.63, 3.8) is 0 Å². The fourth-order valence-electron chi connectivity index (χ4n) is 1.92. The molecule has 134 valence electrons. The highest BCUT2D eigenvalue weighted by Crippen LogP contribution is 2.22. The molecule has 0 amide bonds. The minimum Gasteiger partial charge on any atom is -0.392 e. The molecule has 0 aliphatic heterocycles. The van der Waals surface area contributed by atoms with Gasteiger partial charge in [-0.2, -0.15) is 5.01 Å². The minimum absolute atomic E-state index is 0.0415.